The number of rotatable bonds is 1. The molecule has 0 aliphatic heterocycles. The van der Waals surface area contributed by atoms with E-state index >= 15 is 0 Å². The maximum Gasteiger partial charge on any atom is 0.141 e. The summed E-state index contributed by atoms with van der Waals surface area (Å²) in [4.78, 5) is 0. The summed E-state index contributed by atoms with van der Waals surface area (Å²) in [5.41, 5.74) is 1.40. The van der Waals surface area contributed by atoms with Crippen molar-refractivity contribution in [3.63, 3.8) is 0 Å². The van der Waals surface area contributed by atoms with Crippen molar-refractivity contribution in [1.82, 2.24) is 0 Å². The molecule has 3 heteroatoms. The lowest BCUT2D eigenvalue weighted by Gasteiger charge is -1.97. The van der Waals surface area contributed by atoms with E-state index in [9.17, 15) is 5.11 Å². The minimum Gasteiger partial charge on any atom is -0.507 e. The van der Waals surface area contributed by atoms with Gasteiger partial charge in [-0.15, -0.1) is 0 Å². The molecule has 1 aromatic carbocycles. The van der Waals surface area contributed by atoms with Crippen molar-refractivity contribution < 1.29 is 9.52 Å². The third-order valence-electron chi connectivity index (χ3n) is 1.94. The molecule has 0 fully saturated rings. The van der Waals surface area contributed by atoms with Gasteiger partial charge >= 0.3 is 0 Å². The van der Waals surface area contributed by atoms with E-state index in [-0.39, 0.29) is 5.75 Å². The highest BCUT2D eigenvalue weighted by atomic mass is 16.3. The van der Waals surface area contributed by atoms with Gasteiger partial charge in [0, 0.05) is 5.56 Å². The van der Waals surface area contributed by atoms with E-state index in [4.69, 9.17) is 9.68 Å². The molecule has 0 amide bonds. The predicted molar refractivity (Wildman–Crippen MR) is 47.2 cm³/mol. The van der Waals surface area contributed by atoms with Crippen LogP contribution in [0.4, 0.5) is 0 Å². The van der Waals surface area contributed by atoms with Gasteiger partial charge in [-0.05, 0) is 12.1 Å². The van der Waals surface area contributed by atoms with Crippen molar-refractivity contribution >= 4 is 11.0 Å². The molecule has 0 radical (unpaired) electrons. The molecule has 64 valence electrons. The maximum absolute atomic E-state index is 9.41. The Labute approximate surface area is 74.8 Å². The second-order valence-electron chi connectivity index (χ2n) is 2.74. The Kier molecular flexibility index (Phi) is 1.67. The van der Waals surface area contributed by atoms with Crippen LogP contribution in [-0.4, -0.2) is 5.11 Å². The SMILES string of the molecule is N#CCc1ccc(O)c2ccoc12. The quantitative estimate of drug-likeness (QED) is 0.719. The van der Waals surface area contributed by atoms with Crippen LogP contribution >= 0.6 is 0 Å². The Morgan fingerprint density at radius 1 is 1.38 bits per heavy atom. The molecule has 0 saturated heterocycles. The zero-order chi connectivity index (χ0) is 9.26. The second kappa shape index (κ2) is 2.83. The van der Waals surface area contributed by atoms with E-state index in [1.807, 2.05) is 6.07 Å². The van der Waals surface area contributed by atoms with E-state index < -0.39 is 0 Å². The van der Waals surface area contributed by atoms with Crippen LogP contribution in [0.1, 0.15) is 5.56 Å². The third-order valence-corrected chi connectivity index (χ3v) is 1.94. The average molecular weight is 173 g/mol. The minimum absolute atomic E-state index is 0.186. The minimum atomic E-state index is 0.186. The topological polar surface area (TPSA) is 57.2 Å². The summed E-state index contributed by atoms with van der Waals surface area (Å²) < 4.78 is 5.17. The number of nitrogens with zero attached hydrogens (tertiary/aromatic N) is 1. The molecule has 13 heavy (non-hydrogen) atoms. The van der Waals surface area contributed by atoms with Gasteiger partial charge in [-0.25, -0.2) is 0 Å². The number of hydrogen-bond donors (Lipinski definition) is 1. The molecule has 1 heterocycles. The second-order valence-corrected chi connectivity index (χ2v) is 2.74. The van der Waals surface area contributed by atoms with Gasteiger partial charge in [0.1, 0.15) is 11.3 Å². The number of furan rings is 1. The molecule has 0 bridgehead atoms. The van der Waals surface area contributed by atoms with Crippen molar-refractivity contribution in [2.75, 3.05) is 0 Å². The molecule has 1 N–H and O–H groups in total. The van der Waals surface area contributed by atoms with E-state index in [0.717, 1.165) is 5.56 Å². The lowest BCUT2D eigenvalue weighted by atomic mass is 10.1. The van der Waals surface area contributed by atoms with Crippen LogP contribution < -0.4 is 0 Å². The number of nitriles is 1. The van der Waals surface area contributed by atoms with E-state index in [1.54, 1.807) is 18.2 Å². The molecule has 0 aliphatic carbocycles. The molecular formula is C10H7NO2. The number of hydrogen-bond acceptors (Lipinski definition) is 3. The number of aromatic hydroxyl groups is 1. The normalized spacial score (nSPS) is 10.1. The van der Waals surface area contributed by atoms with Gasteiger partial charge in [-0.3, -0.25) is 0 Å². The van der Waals surface area contributed by atoms with Crippen molar-refractivity contribution in [2.24, 2.45) is 0 Å². The van der Waals surface area contributed by atoms with Crippen LogP contribution in [0.3, 0.4) is 0 Å². The zero-order valence-corrected chi connectivity index (χ0v) is 6.82. The Morgan fingerprint density at radius 2 is 2.23 bits per heavy atom. The van der Waals surface area contributed by atoms with Gasteiger partial charge in [0.15, 0.2) is 0 Å². The largest absolute Gasteiger partial charge is 0.507 e. The highest BCUT2D eigenvalue weighted by molar-refractivity contribution is 5.86. The summed E-state index contributed by atoms with van der Waals surface area (Å²) in [6.07, 6.45) is 1.80. The van der Waals surface area contributed by atoms with Crippen molar-refractivity contribution in [3.05, 3.63) is 30.0 Å². The molecule has 0 saturated carbocycles. The zero-order valence-electron chi connectivity index (χ0n) is 6.82. The molecule has 0 aliphatic rings. The summed E-state index contributed by atoms with van der Waals surface area (Å²) in [7, 11) is 0. The Balaban J connectivity index is 2.72. The van der Waals surface area contributed by atoms with Crippen LogP contribution in [0, 0.1) is 11.3 Å². The van der Waals surface area contributed by atoms with Gasteiger partial charge in [0.2, 0.25) is 0 Å². The van der Waals surface area contributed by atoms with Gasteiger partial charge in [0.05, 0.1) is 24.1 Å². The molecule has 2 aromatic rings. The highest BCUT2D eigenvalue weighted by Gasteiger charge is 2.07. The standard InChI is InChI=1S/C10H7NO2/c11-5-3-7-1-2-9(12)8-4-6-13-10(7)8/h1-2,4,6,12H,3H2. The Morgan fingerprint density at radius 3 is 3.00 bits per heavy atom. The van der Waals surface area contributed by atoms with Crippen LogP contribution in [0.2, 0.25) is 0 Å². The monoisotopic (exact) mass is 173 g/mol. The number of benzene rings is 1. The van der Waals surface area contributed by atoms with Crippen molar-refractivity contribution in [2.45, 2.75) is 6.42 Å². The fourth-order valence-corrected chi connectivity index (χ4v) is 1.33. The summed E-state index contributed by atoms with van der Waals surface area (Å²) in [5.74, 6) is 0.186. The fraction of sp³-hybridized carbons (Fsp3) is 0.100. The summed E-state index contributed by atoms with van der Waals surface area (Å²) >= 11 is 0. The first-order valence-corrected chi connectivity index (χ1v) is 3.88. The molecule has 0 spiro atoms. The lowest BCUT2D eigenvalue weighted by molar-refractivity contribution is 0.481. The number of phenolic OH excluding ortho intramolecular Hbond substituents is 1. The first-order chi connectivity index (χ1) is 6.33. The van der Waals surface area contributed by atoms with Gasteiger partial charge in [0.25, 0.3) is 0 Å². The molecule has 1 aromatic heterocycles. The third kappa shape index (κ3) is 1.13. The fourth-order valence-electron chi connectivity index (χ4n) is 1.33. The lowest BCUT2D eigenvalue weighted by Crippen LogP contribution is -1.81. The molecule has 2 rings (SSSR count). The van der Waals surface area contributed by atoms with Gasteiger partial charge in [-0.2, -0.15) is 5.26 Å². The molecule has 0 atom stereocenters. The van der Waals surface area contributed by atoms with E-state index in [1.165, 1.54) is 6.26 Å². The van der Waals surface area contributed by atoms with Gasteiger partial charge < -0.3 is 9.52 Å². The Bertz CT molecular complexity index is 479. The molecule has 0 unspecified atom stereocenters. The van der Waals surface area contributed by atoms with Crippen LogP contribution in [0.5, 0.6) is 5.75 Å². The van der Waals surface area contributed by atoms with Crippen LogP contribution in [-0.2, 0) is 6.42 Å². The van der Waals surface area contributed by atoms with Crippen LogP contribution in [0.25, 0.3) is 11.0 Å². The van der Waals surface area contributed by atoms with Crippen molar-refractivity contribution in [3.8, 4) is 11.8 Å². The average Bonchev–Trinajstić information content (AvgIpc) is 2.59. The molecular weight excluding hydrogens is 166 g/mol. The maximum atomic E-state index is 9.41. The molecule has 3 nitrogen and oxygen atoms in total. The number of fused-ring (bicyclic) bond motifs is 1. The Hall–Kier alpha value is -1.95. The van der Waals surface area contributed by atoms with Gasteiger partial charge in [-0.1, -0.05) is 6.07 Å². The van der Waals surface area contributed by atoms with Crippen molar-refractivity contribution in [1.29, 1.82) is 5.26 Å². The first kappa shape index (κ1) is 7.69. The van der Waals surface area contributed by atoms with E-state index in [2.05, 4.69) is 0 Å². The number of phenols is 1. The summed E-state index contributed by atoms with van der Waals surface area (Å²) in [6.45, 7) is 0. The summed E-state index contributed by atoms with van der Waals surface area (Å²) in [5, 5.41) is 18.6. The highest BCUT2D eigenvalue weighted by Crippen LogP contribution is 2.28. The van der Waals surface area contributed by atoms with Crippen LogP contribution in [0.15, 0.2) is 28.9 Å². The predicted octanol–water partition coefficient (Wildman–Crippen LogP) is 2.20. The smallest absolute Gasteiger partial charge is 0.141 e. The summed E-state index contributed by atoms with van der Waals surface area (Å²) in [6, 6.07) is 7.00. The van der Waals surface area contributed by atoms with E-state index in [0.29, 0.717) is 17.4 Å². The first-order valence-electron chi connectivity index (χ1n) is 3.88.